The van der Waals surface area contributed by atoms with Gasteiger partial charge in [-0.05, 0) is 25.0 Å². The quantitative estimate of drug-likeness (QED) is 0.846. The highest BCUT2D eigenvalue weighted by Gasteiger charge is 2.30. The van der Waals surface area contributed by atoms with Crippen LogP contribution in [0.2, 0.25) is 0 Å². The predicted molar refractivity (Wildman–Crippen MR) is 78.8 cm³/mol. The van der Waals surface area contributed by atoms with Gasteiger partial charge in [-0.3, -0.25) is 9.59 Å². The fraction of sp³-hybridized carbons (Fsp3) is 0.500. The number of carbonyl (C=O) groups is 2. The maximum Gasteiger partial charge on any atom is 0.398 e. The molecule has 126 valence electrons. The van der Waals surface area contributed by atoms with Crippen molar-refractivity contribution in [3.05, 3.63) is 23.9 Å². The summed E-state index contributed by atoms with van der Waals surface area (Å²) in [5.74, 6) is -2.12. The number of rotatable bonds is 4. The van der Waals surface area contributed by atoms with Gasteiger partial charge in [-0.25, -0.2) is 4.98 Å². The molecule has 0 spiro atoms. The molecule has 5 nitrogen and oxygen atoms in total. The lowest BCUT2D eigenvalue weighted by Gasteiger charge is -2.30. The molecule has 1 aliphatic heterocycles. The lowest BCUT2D eigenvalue weighted by molar-refractivity contribution is -0.123. The Labute approximate surface area is 135 Å². The van der Waals surface area contributed by atoms with Crippen molar-refractivity contribution in [2.24, 2.45) is 11.7 Å². The molecule has 2 amide bonds. The first kappa shape index (κ1) is 17.6. The summed E-state index contributed by atoms with van der Waals surface area (Å²) in [6.07, 6.45) is -2.05. The minimum Gasteiger partial charge on any atom is -0.369 e. The Hall–Kier alpha value is -1.77. The van der Waals surface area contributed by atoms with Crippen molar-refractivity contribution in [3.63, 3.8) is 0 Å². The lowest BCUT2D eigenvalue weighted by Crippen LogP contribution is -2.41. The van der Waals surface area contributed by atoms with Crippen molar-refractivity contribution in [3.8, 4) is 0 Å². The maximum atomic E-state index is 12.5. The molecule has 2 heterocycles. The van der Waals surface area contributed by atoms with Gasteiger partial charge in [0.05, 0.1) is 11.3 Å². The van der Waals surface area contributed by atoms with Crippen molar-refractivity contribution in [1.82, 2.24) is 9.88 Å². The number of nitrogens with zero attached hydrogens (tertiary/aromatic N) is 2. The predicted octanol–water partition coefficient (Wildman–Crippen LogP) is 2.07. The van der Waals surface area contributed by atoms with Crippen molar-refractivity contribution in [2.45, 2.75) is 24.0 Å². The monoisotopic (exact) mass is 347 g/mol. The summed E-state index contributed by atoms with van der Waals surface area (Å²) in [6.45, 7) is 0.704. The zero-order valence-corrected chi connectivity index (χ0v) is 13.0. The van der Waals surface area contributed by atoms with Gasteiger partial charge >= 0.3 is 6.18 Å². The number of primary amides is 1. The summed E-state index contributed by atoms with van der Waals surface area (Å²) in [6, 6.07) is 2.98. The number of amides is 2. The van der Waals surface area contributed by atoms with E-state index in [0.717, 1.165) is 0 Å². The summed E-state index contributed by atoms with van der Waals surface area (Å²) in [5.41, 5.74) is 5.39. The van der Waals surface area contributed by atoms with E-state index < -0.39 is 11.9 Å². The third kappa shape index (κ3) is 4.85. The number of halogens is 3. The minimum absolute atomic E-state index is 0.0619. The fourth-order valence-corrected chi connectivity index (χ4v) is 3.10. The molecule has 0 bridgehead atoms. The molecule has 1 aromatic heterocycles. The molecule has 0 aliphatic carbocycles. The van der Waals surface area contributed by atoms with Gasteiger partial charge in [0.15, 0.2) is 0 Å². The summed E-state index contributed by atoms with van der Waals surface area (Å²) >= 11 is 0.494. The first-order chi connectivity index (χ1) is 10.8. The van der Waals surface area contributed by atoms with E-state index in [9.17, 15) is 22.8 Å². The largest absolute Gasteiger partial charge is 0.398 e. The average Bonchev–Trinajstić information content (AvgIpc) is 2.52. The Balaban J connectivity index is 2.06. The second-order valence-corrected chi connectivity index (χ2v) is 6.19. The molecule has 9 heteroatoms. The van der Waals surface area contributed by atoms with Crippen LogP contribution in [0.25, 0.3) is 0 Å². The zero-order chi connectivity index (χ0) is 17.0. The van der Waals surface area contributed by atoms with Crippen LogP contribution in [0.3, 0.4) is 0 Å². The van der Waals surface area contributed by atoms with Gasteiger partial charge in [-0.2, -0.15) is 13.2 Å². The highest BCUT2D eigenvalue weighted by atomic mass is 32.2. The van der Waals surface area contributed by atoms with Crippen molar-refractivity contribution < 1.29 is 22.8 Å². The van der Waals surface area contributed by atoms with E-state index in [2.05, 4.69) is 4.98 Å². The maximum absolute atomic E-state index is 12.5. The molecule has 1 fully saturated rings. The van der Waals surface area contributed by atoms with Gasteiger partial charge in [0, 0.05) is 25.2 Å². The summed E-state index contributed by atoms with van der Waals surface area (Å²) < 4.78 is 37.1. The van der Waals surface area contributed by atoms with Gasteiger partial charge in [-0.1, -0.05) is 11.8 Å². The van der Waals surface area contributed by atoms with Gasteiger partial charge in [0.25, 0.3) is 5.91 Å². The van der Waals surface area contributed by atoms with Gasteiger partial charge < -0.3 is 10.6 Å². The van der Waals surface area contributed by atoms with Crippen LogP contribution in [0.1, 0.15) is 23.2 Å². The van der Waals surface area contributed by atoms with Crippen molar-refractivity contribution in [2.75, 3.05) is 18.8 Å². The normalized spacial score (nSPS) is 16.4. The SMILES string of the molecule is NC(=O)C1CCN(C(=O)c2cccnc2SCC(F)(F)F)CC1. The summed E-state index contributed by atoms with van der Waals surface area (Å²) in [7, 11) is 0. The number of alkyl halides is 3. The van der Waals surface area contributed by atoms with Crippen LogP contribution in [0, 0.1) is 5.92 Å². The number of likely N-dealkylation sites (tertiary alicyclic amines) is 1. The van der Waals surface area contributed by atoms with Crippen LogP contribution in [0.5, 0.6) is 0 Å². The molecule has 2 N–H and O–H groups in total. The van der Waals surface area contributed by atoms with Crippen LogP contribution in [-0.4, -0.2) is 46.7 Å². The Morgan fingerprint density at radius 1 is 1.35 bits per heavy atom. The van der Waals surface area contributed by atoms with Crippen molar-refractivity contribution in [1.29, 1.82) is 0 Å². The highest BCUT2D eigenvalue weighted by Crippen LogP contribution is 2.29. The van der Waals surface area contributed by atoms with Crippen LogP contribution in [-0.2, 0) is 4.79 Å². The Morgan fingerprint density at radius 2 is 2.00 bits per heavy atom. The third-order valence-corrected chi connectivity index (χ3v) is 4.63. The second-order valence-electron chi connectivity index (χ2n) is 5.23. The van der Waals surface area contributed by atoms with E-state index in [-0.39, 0.29) is 28.3 Å². The molecule has 0 radical (unpaired) electrons. The smallest absolute Gasteiger partial charge is 0.369 e. The topological polar surface area (TPSA) is 76.3 Å². The van der Waals surface area contributed by atoms with Gasteiger partial charge in [0.2, 0.25) is 5.91 Å². The number of thioether (sulfide) groups is 1. The number of carbonyl (C=O) groups excluding carboxylic acids is 2. The van der Waals surface area contributed by atoms with E-state index in [4.69, 9.17) is 5.73 Å². The standard InChI is InChI=1S/C14H16F3N3O2S/c15-14(16,17)8-23-12-10(2-1-5-19-12)13(22)20-6-3-9(4-7-20)11(18)21/h1-2,5,9H,3-4,6-8H2,(H2,18,21). The third-order valence-electron chi connectivity index (χ3n) is 3.56. The average molecular weight is 347 g/mol. The van der Waals surface area contributed by atoms with Crippen LogP contribution >= 0.6 is 11.8 Å². The molecule has 2 rings (SSSR count). The minimum atomic E-state index is -4.33. The number of piperidine rings is 1. The number of aromatic nitrogens is 1. The molecule has 1 aliphatic rings. The van der Waals surface area contributed by atoms with E-state index in [1.807, 2.05) is 0 Å². The number of nitrogens with two attached hydrogens (primary N) is 1. The Kier molecular flexibility index (Phi) is 5.51. The molecular weight excluding hydrogens is 331 g/mol. The van der Waals surface area contributed by atoms with Crippen LogP contribution in [0.4, 0.5) is 13.2 Å². The molecule has 0 unspecified atom stereocenters. The number of hydrogen-bond acceptors (Lipinski definition) is 4. The van der Waals surface area contributed by atoms with Gasteiger partial charge in [-0.15, -0.1) is 0 Å². The Morgan fingerprint density at radius 3 is 2.57 bits per heavy atom. The fourth-order valence-electron chi connectivity index (χ4n) is 2.36. The molecule has 1 aromatic rings. The Bertz CT molecular complexity index is 587. The summed E-state index contributed by atoms with van der Waals surface area (Å²) in [5, 5.41) is 0.0619. The summed E-state index contributed by atoms with van der Waals surface area (Å²) in [4.78, 5) is 29.0. The van der Waals surface area contributed by atoms with Gasteiger partial charge in [0.1, 0.15) is 5.03 Å². The second kappa shape index (κ2) is 7.20. The van der Waals surface area contributed by atoms with E-state index in [0.29, 0.717) is 37.7 Å². The zero-order valence-electron chi connectivity index (χ0n) is 12.2. The van der Waals surface area contributed by atoms with Crippen LogP contribution < -0.4 is 5.73 Å². The molecule has 0 saturated carbocycles. The molecular formula is C14H16F3N3O2S. The van der Waals surface area contributed by atoms with Crippen molar-refractivity contribution >= 4 is 23.6 Å². The molecule has 23 heavy (non-hydrogen) atoms. The number of pyridine rings is 1. The molecule has 0 atom stereocenters. The highest BCUT2D eigenvalue weighted by molar-refractivity contribution is 7.99. The number of hydrogen-bond donors (Lipinski definition) is 1. The molecule has 0 aromatic carbocycles. The first-order valence-electron chi connectivity index (χ1n) is 7.01. The first-order valence-corrected chi connectivity index (χ1v) is 7.99. The lowest BCUT2D eigenvalue weighted by atomic mass is 9.96. The van der Waals surface area contributed by atoms with E-state index in [1.54, 1.807) is 0 Å². The van der Waals surface area contributed by atoms with E-state index >= 15 is 0 Å². The van der Waals surface area contributed by atoms with E-state index in [1.165, 1.54) is 23.2 Å². The molecule has 1 saturated heterocycles. The van der Waals surface area contributed by atoms with Crippen LogP contribution in [0.15, 0.2) is 23.4 Å².